The Morgan fingerprint density at radius 2 is 2.17 bits per heavy atom. The van der Waals surface area contributed by atoms with Crippen molar-refractivity contribution in [2.24, 2.45) is 0 Å². The third kappa shape index (κ3) is 3.57. The number of rotatable bonds is 5. The number of likely N-dealkylation sites (N-methyl/N-ethyl adjacent to an activating group) is 1. The third-order valence-corrected chi connectivity index (χ3v) is 4.48. The molecule has 0 saturated carbocycles. The van der Waals surface area contributed by atoms with Crippen LogP contribution in [0.2, 0.25) is 0 Å². The Labute approximate surface area is 120 Å². The van der Waals surface area contributed by atoms with Crippen LogP contribution in [0.15, 0.2) is 40.2 Å². The van der Waals surface area contributed by atoms with Crippen molar-refractivity contribution in [3.8, 4) is 5.75 Å². The monoisotopic (exact) mass is 325 g/mol. The average molecular weight is 326 g/mol. The van der Waals surface area contributed by atoms with Crippen molar-refractivity contribution in [3.63, 3.8) is 0 Å². The van der Waals surface area contributed by atoms with E-state index >= 15 is 0 Å². The molecule has 4 heteroatoms. The zero-order valence-electron chi connectivity index (χ0n) is 10.2. The van der Waals surface area contributed by atoms with Crippen LogP contribution >= 0.6 is 27.3 Å². The van der Waals surface area contributed by atoms with Gasteiger partial charge in [0.25, 0.3) is 0 Å². The van der Waals surface area contributed by atoms with Gasteiger partial charge in [-0.05, 0) is 58.7 Å². The summed E-state index contributed by atoms with van der Waals surface area (Å²) in [6.45, 7) is 3.04. The molecule has 1 atom stereocenters. The Balaban J connectivity index is 2.16. The van der Waals surface area contributed by atoms with E-state index in [2.05, 4.69) is 40.3 Å². The van der Waals surface area contributed by atoms with E-state index in [4.69, 9.17) is 0 Å². The molecule has 96 valence electrons. The van der Waals surface area contributed by atoms with E-state index in [9.17, 15) is 5.11 Å². The van der Waals surface area contributed by atoms with Gasteiger partial charge in [0.15, 0.2) is 0 Å². The number of phenolic OH excluding ortho intramolecular Hbond substituents is 1. The van der Waals surface area contributed by atoms with Crippen molar-refractivity contribution in [3.05, 3.63) is 50.6 Å². The highest BCUT2D eigenvalue weighted by Crippen LogP contribution is 2.29. The van der Waals surface area contributed by atoms with E-state index in [1.54, 1.807) is 17.4 Å². The lowest BCUT2D eigenvalue weighted by molar-refractivity contribution is 0.473. The molecule has 1 unspecified atom stereocenters. The highest BCUT2D eigenvalue weighted by molar-refractivity contribution is 9.11. The molecule has 2 nitrogen and oxygen atoms in total. The van der Waals surface area contributed by atoms with Crippen LogP contribution in [0.5, 0.6) is 5.75 Å². The summed E-state index contributed by atoms with van der Waals surface area (Å²) < 4.78 is 1.15. The van der Waals surface area contributed by atoms with Gasteiger partial charge in [0.1, 0.15) is 5.75 Å². The van der Waals surface area contributed by atoms with Crippen molar-refractivity contribution in [1.29, 1.82) is 0 Å². The van der Waals surface area contributed by atoms with Gasteiger partial charge >= 0.3 is 0 Å². The fourth-order valence-corrected chi connectivity index (χ4v) is 3.45. The normalized spacial score (nSPS) is 12.6. The summed E-state index contributed by atoms with van der Waals surface area (Å²) in [5.74, 6) is 0.329. The number of phenols is 1. The summed E-state index contributed by atoms with van der Waals surface area (Å²) in [5.41, 5.74) is 1.14. The maximum Gasteiger partial charge on any atom is 0.115 e. The highest BCUT2D eigenvalue weighted by Gasteiger charge is 2.13. The molecule has 1 aromatic heterocycles. The molecule has 0 aliphatic heterocycles. The number of halogens is 1. The van der Waals surface area contributed by atoms with Crippen LogP contribution in [-0.2, 0) is 6.42 Å². The van der Waals surface area contributed by atoms with Crippen molar-refractivity contribution < 1.29 is 5.11 Å². The summed E-state index contributed by atoms with van der Waals surface area (Å²) in [6, 6.07) is 12.0. The molecule has 1 heterocycles. The largest absolute Gasteiger partial charge is 0.508 e. The topological polar surface area (TPSA) is 32.3 Å². The zero-order chi connectivity index (χ0) is 13.0. The molecule has 1 aromatic carbocycles. The molecule has 18 heavy (non-hydrogen) atoms. The number of aromatic hydroxyl groups is 1. The first-order valence-corrected chi connectivity index (χ1v) is 7.56. The van der Waals surface area contributed by atoms with E-state index in [1.165, 1.54) is 4.88 Å². The van der Waals surface area contributed by atoms with Crippen molar-refractivity contribution in [1.82, 2.24) is 5.32 Å². The Hall–Kier alpha value is -0.840. The second kappa shape index (κ2) is 6.36. The summed E-state index contributed by atoms with van der Waals surface area (Å²) >= 11 is 5.25. The molecule has 0 aliphatic rings. The summed E-state index contributed by atoms with van der Waals surface area (Å²) in [4.78, 5) is 1.31. The van der Waals surface area contributed by atoms with E-state index < -0.39 is 0 Å². The summed E-state index contributed by atoms with van der Waals surface area (Å²) in [7, 11) is 0. The minimum atomic E-state index is 0.299. The van der Waals surface area contributed by atoms with Crippen molar-refractivity contribution in [2.75, 3.05) is 6.54 Å². The van der Waals surface area contributed by atoms with Gasteiger partial charge < -0.3 is 10.4 Å². The van der Waals surface area contributed by atoms with Gasteiger partial charge in [-0.25, -0.2) is 0 Å². The number of nitrogens with one attached hydrogen (secondary N) is 1. The molecule has 0 radical (unpaired) electrons. The second-order valence-corrected chi connectivity index (χ2v) is 6.62. The quantitative estimate of drug-likeness (QED) is 0.867. The van der Waals surface area contributed by atoms with E-state index in [0.717, 1.165) is 22.3 Å². The number of thiophene rings is 1. The summed E-state index contributed by atoms with van der Waals surface area (Å²) in [6.07, 6.45) is 0.884. The van der Waals surface area contributed by atoms with Gasteiger partial charge in [0, 0.05) is 10.9 Å². The molecule has 0 saturated heterocycles. The first-order chi connectivity index (χ1) is 8.69. The molecule has 0 aliphatic carbocycles. The lowest BCUT2D eigenvalue weighted by atomic mass is 10.0. The van der Waals surface area contributed by atoms with Crippen LogP contribution in [0.3, 0.4) is 0 Å². The van der Waals surface area contributed by atoms with Gasteiger partial charge in [0.2, 0.25) is 0 Å². The van der Waals surface area contributed by atoms with Gasteiger partial charge in [-0.2, -0.15) is 0 Å². The fraction of sp³-hybridized carbons (Fsp3) is 0.286. The molecule has 2 rings (SSSR count). The van der Waals surface area contributed by atoms with Gasteiger partial charge in [-0.1, -0.05) is 19.1 Å². The van der Waals surface area contributed by atoms with E-state index in [0.29, 0.717) is 11.8 Å². The Morgan fingerprint density at radius 3 is 2.78 bits per heavy atom. The standard InChI is InChI=1S/C14H16BrNOS/c1-2-16-12(13-6-7-14(15)18-13)9-10-4-3-5-11(17)8-10/h3-8,12,16-17H,2,9H2,1H3. The smallest absolute Gasteiger partial charge is 0.115 e. The number of benzene rings is 1. The minimum Gasteiger partial charge on any atom is -0.508 e. The zero-order valence-corrected chi connectivity index (χ0v) is 12.6. The molecule has 0 spiro atoms. The van der Waals surface area contributed by atoms with E-state index in [-0.39, 0.29) is 0 Å². The minimum absolute atomic E-state index is 0.299. The van der Waals surface area contributed by atoms with Crippen molar-refractivity contribution in [2.45, 2.75) is 19.4 Å². The number of hydrogen-bond acceptors (Lipinski definition) is 3. The first-order valence-electron chi connectivity index (χ1n) is 5.95. The van der Waals surface area contributed by atoms with Crippen LogP contribution in [-0.4, -0.2) is 11.7 Å². The maximum atomic E-state index is 9.51. The highest BCUT2D eigenvalue weighted by atomic mass is 79.9. The third-order valence-electron chi connectivity index (χ3n) is 2.74. The molecule has 0 amide bonds. The Bertz CT molecular complexity index is 512. The van der Waals surface area contributed by atoms with Gasteiger partial charge in [-0.15, -0.1) is 11.3 Å². The predicted octanol–water partition coefficient (Wildman–Crippen LogP) is 4.11. The first kappa shape index (κ1) is 13.6. The maximum absolute atomic E-state index is 9.51. The number of hydrogen-bond donors (Lipinski definition) is 2. The molecule has 0 fully saturated rings. The average Bonchev–Trinajstić information content (AvgIpc) is 2.75. The van der Waals surface area contributed by atoms with Crippen LogP contribution in [0.1, 0.15) is 23.4 Å². The molecule has 2 N–H and O–H groups in total. The van der Waals surface area contributed by atoms with Gasteiger partial charge in [0.05, 0.1) is 3.79 Å². The van der Waals surface area contributed by atoms with Gasteiger partial charge in [-0.3, -0.25) is 0 Å². The fourth-order valence-electron chi connectivity index (χ4n) is 1.95. The SMILES string of the molecule is CCNC(Cc1cccc(O)c1)c1ccc(Br)s1. The Kier molecular flexibility index (Phi) is 4.80. The van der Waals surface area contributed by atoms with E-state index in [1.807, 2.05) is 18.2 Å². The van der Waals surface area contributed by atoms with Crippen LogP contribution in [0.25, 0.3) is 0 Å². The molecular weight excluding hydrogens is 310 g/mol. The van der Waals surface area contributed by atoms with Crippen LogP contribution in [0, 0.1) is 0 Å². The lowest BCUT2D eigenvalue weighted by Gasteiger charge is -2.16. The molecule has 0 bridgehead atoms. The van der Waals surface area contributed by atoms with Crippen LogP contribution in [0.4, 0.5) is 0 Å². The summed E-state index contributed by atoms with van der Waals surface area (Å²) in [5, 5.41) is 13.0. The van der Waals surface area contributed by atoms with Crippen molar-refractivity contribution >= 4 is 27.3 Å². The second-order valence-electron chi connectivity index (χ2n) is 4.13. The van der Waals surface area contributed by atoms with Crippen LogP contribution < -0.4 is 5.32 Å². The molecule has 2 aromatic rings. The predicted molar refractivity (Wildman–Crippen MR) is 80.2 cm³/mol. The Morgan fingerprint density at radius 1 is 1.33 bits per heavy atom. The molecular formula is C14H16BrNOS. The lowest BCUT2D eigenvalue weighted by Crippen LogP contribution is -2.22.